The van der Waals surface area contributed by atoms with Gasteiger partial charge in [0.05, 0.1) is 11.7 Å². The summed E-state index contributed by atoms with van der Waals surface area (Å²) >= 11 is 6.53. The first-order valence-electron chi connectivity index (χ1n) is 4.14. The summed E-state index contributed by atoms with van der Waals surface area (Å²) in [5.74, 6) is -1.95. The molecule has 0 aliphatic heterocycles. The van der Waals surface area contributed by atoms with E-state index in [0.29, 0.717) is 16.2 Å². The summed E-state index contributed by atoms with van der Waals surface area (Å²) in [6.45, 7) is 0. The summed E-state index contributed by atoms with van der Waals surface area (Å²) in [6, 6.07) is 5.19. The third-order valence-corrected chi connectivity index (χ3v) is 2.71. The molecule has 16 heavy (non-hydrogen) atoms. The Morgan fingerprint density at radius 3 is 2.50 bits per heavy atom. The van der Waals surface area contributed by atoms with Crippen LogP contribution in [0.1, 0.15) is 0 Å². The number of anilines is 1. The Kier molecular flexibility index (Phi) is 4.70. The minimum absolute atomic E-state index is 0.535. The summed E-state index contributed by atoms with van der Waals surface area (Å²) in [6.07, 6.45) is 1.56. The summed E-state index contributed by atoms with van der Waals surface area (Å²) in [4.78, 5) is 21.3. The number of rotatable bonds is 3. The number of halogens is 2. The zero-order valence-corrected chi connectivity index (χ0v) is 11.0. The Morgan fingerprint density at radius 1 is 1.25 bits per heavy atom. The first kappa shape index (κ1) is 12.9. The molecule has 0 heterocycles. The summed E-state index contributed by atoms with van der Waals surface area (Å²) < 4.78 is 1.56. The molecular weight excluding hydrogens is 342 g/mol. The number of nitrogens with one attached hydrogen (secondary N) is 1. The predicted molar refractivity (Wildman–Crippen MR) is 64.6 cm³/mol. The van der Waals surface area contributed by atoms with Crippen LogP contribution in [0.15, 0.2) is 39.3 Å². The number of benzene rings is 1. The van der Waals surface area contributed by atoms with E-state index in [1.165, 1.54) is 0 Å². The molecule has 0 fully saturated rings. The number of hydrogen-bond acceptors (Lipinski definition) is 3. The molecule has 1 N–H and O–H groups in total. The number of aliphatic carboxylic acids is 1. The van der Waals surface area contributed by atoms with Crippen LogP contribution in [-0.4, -0.2) is 11.9 Å². The number of amides is 1. The third kappa shape index (κ3) is 4.16. The van der Waals surface area contributed by atoms with Crippen LogP contribution in [0, 0.1) is 0 Å². The molecule has 4 nitrogen and oxygen atoms in total. The first-order valence-corrected chi connectivity index (χ1v) is 5.73. The molecule has 0 unspecified atom stereocenters. The molecule has 0 spiro atoms. The van der Waals surface area contributed by atoms with Gasteiger partial charge in [0.15, 0.2) is 0 Å². The van der Waals surface area contributed by atoms with Gasteiger partial charge >= 0.3 is 0 Å². The van der Waals surface area contributed by atoms with Gasteiger partial charge in [0.2, 0.25) is 5.91 Å². The van der Waals surface area contributed by atoms with Crippen LogP contribution in [-0.2, 0) is 9.59 Å². The molecule has 1 amide bonds. The summed E-state index contributed by atoms with van der Waals surface area (Å²) in [5.41, 5.74) is 0.552. The number of carbonyl (C=O) groups is 2. The van der Waals surface area contributed by atoms with E-state index in [9.17, 15) is 14.7 Å². The quantitative estimate of drug-likeness (QED) is 0.841. The van der Waals surface area contributed by atoms with Crippen LogP contribution in [0.4, 0.5) is 5.69 Å². The molecule has 0 saturated carbocycles. The number of carbonyl (C=O) groups excluding carboxylic acids is 2. The van der Waals surface area contributed by atoms with Crippen LogP contribution in [0.5, 0.6) is 0 Å². The molecule has 0 aliphatic rings. The van der Waals surface area contributed by atoms with E-state index in [2.05, 4.69) is 37.2 Å². The number of hydrogen-bond donors (Lipinski definition) is 1. The fraction of sp³-hybridized carbons (Fsp3) is 0. The minimum Gasteiger partial charge on any atom is -0.545 e. The molecule has 84 valence electrons. The smallest absolute Gasteiger partial charge is 0.248 e. The van der Waals surface area contributed by atoms with Crippen LogP contribution in [0.25, 0.3) is 0 Å². The van der Waals surface area contributed by atoms with Crippen molar-refractivity contribution in [2.24, 2.45) is 0 Å². The molecule has 6 heteroatoms. The van der Waals surface area contributed by atoms with Crippen molar-refractivity contribution < 1.29 is 14.7 Å². The number of carboxylic acid groups (broad SMARTS) is 1. The fourth-order valence-corrected chi connectivity index (χ4v) is 2.06. The van der Waals surface area contributed by atoms with E-state index in [1.54, 1.807) is 18.2 Å². The van der Waals surface area contributed by atoms with Crippen molar-refractivity contribution in [1.82, 2.24) is 0 Å². The molecule has 0 atom stereocenters. The average molecular weight is 348 g/mol. The highest BCUT2D eigenvalue weighted by Gasteiger charge is 2.02. The highest BCUT2D eigenvalue weighted by atomic mass is 79.9. The van der Waals surface area contributed by atoms with Gasteiger partial charge in [0.25, 0.3) is 0 Å². The van der Waals surface area contributed by atoms with Crippen molar-refractivity contribution in [3.05, 3.63) is 39.3 Å². The Bertz CT molecular complexity index is 457. The molecule has 1 aromatic carbocycles. The van der Waals surface area contributed by atoms with Gasteiger partial charge in [0, 0.05) is 15.0 Å². The van der Waals surface area contributed by atoms with E-state index in [0.717, 1.165) is 10.5 Å². The van der Waals surface area contributed by atoms with Crippen molar-refractivity contribution in [3.63, 3.8) is 0 Å². The molecule has 0 aromatic heterocycles. The normalized spacial score (nSPS) is 10.4. The van der Waals surface area contributed by atoms with Gasteiger partial charge in [-0.15, -0.1) is 0 Å². The lowest BCUT2D eigenvalue weighted by molar-refractivity contribution is -0.297. The minimum atomic E-state index is -1.41. The van der Waals surface area contributed by atoms with Crippen LogP contribution in [0.2, 0.25) is 0 Å². The highest BCUT2D eigenvalue weighted by Crippen LogP contribution is 2.25. The fourth-order valence-electron chi connectivity index (χ4n) is 0.909. The molecule has 1 aromatic rings. The monoisotopic (exact) mass is 346 g/mol. The molecule has 0 saturated heterocycles. The molecule has 0 radical (unpaired) electrons. The zero-order chi connectivity index (χ0) is 12.1. The van der Waals surface area contributed by atoms with Crippen molar-refractivity contribution in [1.29, 1.82) is 0 Å². The summed E-state index contributed by atoms with van der Waals surface area (Å²) in [5, 5.41) is 12.6. The predicted octanol–water partition coefficient (Wildman–Crippen LogP) is 1.46. The van der Waals surface area contributed by atoms with E-state index in [1.807, 2.05) is 0 Å². The largest absolute Gasteiger partial charge is 0.545 e. The van der Waals surface area contributed by atoms with E-state index in [4.69, 9.17) is 0 Å². The molecular formula is C10H6Br2NO3-. The second kappa shape index (κ2) is 5.81. The Hall–Kier alpha value is -1.14. The van der Waals surface area contributed by atoms with Gasteiger partial charge in [-0.1, -0.05) is 15.9 Å². The first-order chi connectivity index (χ1) is 7.49. The lowest BCUT2D eigenvalue weighted by atomic mass is 10.3. The van der Waals surface area contributed by atoms with E-state index < -0.39 is 11.9 Å². The van der Waals surface area contributed by atoms with Crippen molar-refractivity contribution in [2.45, 2.75) is 0 Å². The number of carboxylic acids is 1. The van der Waals surface area contributed by atoms with Crippen LogP contribution in [0.3, 0.4) is 0 Å². The third-order valence-electron chi connectivity index (χ3n) is 1.56. The second-order valence-electron chi connectivity index (χ2n) is 2.77. The van der Waals surface area contributed by atoms with E-state index >= 15 is 0 Å². The standard InChI is InChI=1S/C10H7Br2NO3/c11-6-1-2-8(7(12)5-6)13-9(14)3-4-10(15)16/h1-5H,(H,13,14)(H,15,16)/p-1. The highest BCUT2D eigenvalue weighted by molar-refractivity contribution is 9.11. The van der Waals surface area contributed by atoms with E-state index in [-0.39, 0.29) is 0 Å². The summed E-state index contributed by atoms with van der Waals surface area (Å²) in [7, 11) is 0. The average Bonchev–Trinajstić information content (AvgIpc) is 2.19. The lowest BCUT2D eigenvalue weighted by Gasteiger charge is -2.05. The van der Waals surface area contributed by atoms with Crippen LogP contribution >= 0.6 is 31.9 Å². The second-order valence-corrected chi connectivity index (χ2v) is 4.54. The zero-order valence-electron chi connectivity index (χ0n) is 7.87. The van der Waals surface area contributed by atoms with Gasteiger partial charge in [-0.05, 0) is 40.2 Å². The molecule has 0 bridgehead atoms. The maximum atomic E-state index is 11.2. The maximum absolute atomic E-state index is 11.2. The SMILES string of the molecule is O=C([O-])C=CC(=O)Nc1ccc(Br)cc1Br. The molecule has 0 aliphatic carbocycles. The Balaban J connectivity index is 2.73. The van der Waals surface area contributed by atoms with Crippen molar-refractivity contribution in [3.8, 4) is 0 Å². The maximum Gasteiger partial charge on any atom is 0.248 e. The van der Waals surface area contributed by atoms with Crippen LogP contribution < -0.4 is 10.4 Å². The molecule has 1 rings (SSSR count). The van der Waals surface area contributed by atoms with Gasteiger partial charge in [-0.3, -0.25) is 4.79 Å². The van der Waals surface area contributed by atoms with Gasteiger partial charge in [0.1, 0.15) is 0 Å². The van der Waals surface area contributed by atoms with Gasteiger partial charge in [-0.25, -0.2) is 0 Å². The van der Waals surface area contributed by atoms with Gasteiger partial charge < -0.3 is 15.2 Å². The van der Waals surface area contributed by atoms with Gasteiger partial charge in [-0.2, -0.15) is 0 Å². The topological polar surface area (TPSA) is 69.2 Å². The Morgan fingerprint density at radius 2 is 1.94 bits per heavy atom. The van der Waals surface area contributed by atoms with Crippen molar-refractivity contribution in [2.75, 3.05) is 5.32 Å². The lowest BCUT2D eigenvalue weighted by Crippen LogP contribution is -2.20. The van der Waals surface area contributed by atoms with Crippen molar-refractivity contribution >= 4 is 49.4 Å². The Labute approximate surface area is 109 Å².